The first-order chi connectivity index (χ1) is 13.0. The number of nitrogens with one attached hydrogen (secondary N) is 2. The number of amidine groups is 1. The van der Waals surface area contributed by atoms with Gasteiger partial charge in [-0.3, -0.25) is 19.4 Å². The number of nitrogens with zero attached hydrogens (tertiary/aromatic N) is 1. The number of carbonyl (C=O) groups excluding carboxylic acids is 3. The zero-order chi connectivity index (χ0) is 19.2. The summed E-state index contributed by atoms with van der Waals surface area (Å²) >= 11 is 1.19. The third kappa shape index (κ3) is 5.27. The van der Waals surface area contributed by atoms with Crippen molar-refractivity contribution < 1.29 is 14.4 Å². The highest BCUT2D eigenvalue weighted by atomic mass is 32.2. The van der Waals surface area contributed by atoms with Gasteiger partial charge in [0.05, 0.1) is 18.2 Å². The van der Waals surface area contributed by atoms with Gasteiger partial charge in [0.25, 0.3) is 0 Å². The molecule has 0 fully saturated rings. The molecule has 0 aromatic heterocycles. The molecule has 1 unspecified atom stereocenters. The van der Waals surface area contributed by atoms with Gasteiger partial charge in [0.15, 0.2) is 11.0 Å². The van der Waals surface area contributed by atoms with Gasteiger partial charge in [-0.05, 0) is 36.8 Å². The Morgan fingerprint density at radius 1 is 1.15 bits per heavy atom. The van der Waals surface area contributed by atoms with Crippen molar-refractivity contribution in [2.45, 2.75) is 19.4 Å². The summed E-state index contributed by atoms with van der Waals surface area (Å²) in [4.78, 5) is 39.9. The van der Waals surface area contributed by atoms with Gasteiger partial charge in [-0.25, -0.2) is 0 Å². The number of benzene rings is 2. The van der Waals surface area contributed by atoms with E-state index in [2.05, 4.69) is 15.6 Å². The molecule has 3 rings (SSSR count). The number of ketones is 1. The van der Waals surface area contributed by atoms with E-state index < -0.39 is 0 Å². The van der Waals surface area contributed by atoms with Gasteiger partial charge in [0.1, 0.15) is 0 Å². The monoisotopic (exact) mass is 381 g/mol. The average molecular weight is 381 g/mol. The molecular formula is C20H19N3O3S. The van der Waals surface area contributed by atoms with Gasteiger partial charge in [-0.1, -0.05) is 42.1 Å². The van der Waals surface area contributed by atoms with E-state index >= 15 is 0 Å². The molecule has 7 heteroatoms. The van der Waals surface area contributed by atoms with Crippen molar-refractivity contribution >= 4 is 40.2 Å². The maximum absolute atomic E-state index is 12.1. The molecule has 2 aromatic rings. The first-order valence-electron chi connectivity index (χ1n) is 8.47. The van der Waals surface area contributed by atoms with Crippen LogP contribution in [0.3, 0.4) is 0 Å². The predicted molar refractivity (Wildman–Crippen MR) is 107 cm³/mol. The Morgan fingerprint density at radius 3 is 2.52 bits per heavy atom. The van der Waals surface area contributed by atoms with E-state index in [1.165, 1.54) is 18.7 Å². The smallest absolute Gasteiger partial charge is 0.234 e. The average Bonchev–Trinajstić information content (AvgIpc) is 2.67. The van der Waals surface area contributed by atoms with Gasteiger partial charge in [-0.2, -0.15) is 0 Å². The molecule has 1 aliphatic rings. The van der Waals surface area contributed by atoms with Crippen LogP contribution in [-0.4, -0.2) is 28.5 Å². The Labute approximate surface area is 161 Å². The van der Waals surface area contributed by atoms with Gasteiger partial charge in [-0.15, -0.1) is 0 Å². The molecule has 1 aliphatic heterocycles. The Hall–Kier alpha value is -2.93. The molecule has 0 bridgehead atoms. The number of carbonyl (C=O) groups is 3. The van der Waals surface area contributed by atoms with E-state index in [1.807, 2.05) is 30.3 Å². The van der Waals surface area contributed by atoms with Gasteiger partial charge < -0.3 is 10.6 Å². The molecule has 27 heavy (non-hydrogen) atoms. The van der Waals surface area contributed by atoms with Crippen molar-refractivity contribution in [3.8, 4) is 0 Å². The number of hydrogen-bond donors (Lipinski definition) is 2. The fourth-order valence-corrected chi connectivity index (χ4v) is 3.35. The number of anilines is 1. The molecule has 6 nitrogen and oxygen atoms in total. The summed E-state index contributed by atoms with van der Waals surface area (Å²) in [7, 11) is 0. The quantitative estimate of drug-likeness (QED) is 0.779. The Kier molecular flexibility index (Phi) is 6.03. The first kappa shape index (κ1) is 18.8. The molecule has 0 saturated carbocycles. The van der Waals surface area contributed by atoms with Crippen molar-refractivity contribution in [2.24, 2.45) is 4.99 Å². The van der Waals surface area contributed by atoms with Crippen LogP contribution < -0.4 is 10.6 Å². The maximum atomic E-state index is 12.1. The molecule has 1 heterocycles. The third-order valence-corrected chi connectivity index (χ3v) is 4.89. The summed E-state index contributed by atoms with van der Waals surface area (Å²) in [5.41, 5.74) is 2.18. The molecule has 0 aliphatic carbocycles. The second-order valence-corrected chi connectivity index (χ2v) is 7.05. The second-order valence-electron chi connectivity index (χ2n) is 6.08. The summed E-state index contributed by atoms with van der Waals surface area (Å²) in [5.74, 6) is -0.229. The summed E-state index contributed by atoms with van der Waals surface area (Å²) in [6.07, 6.45) is 0.294. The Morgan fingerprint density at radius 2 is 1.85 bits per heavy atom. The normalized spacial score (nSPS) is 16.3. The van der Waals surface area contributed by atoms with Crippen LogP contribution in [0.15, 0.2) is 59.6 Å². The number of amides is 2. The van der Waals surface area contributed by atoms with Crippen molar-refractivity contribution in [3.63, 3.8) is 0 Å². The van der Waals surface area contributed by atoms with Gasteiger partial charge in [0.2, 0.25) is 11.8 Å². The number of rotatable bonds is 5. The van der Waals surface area contributed by atoms with Crippen LogP contribution in [0.2, 0.25) is 0 Å². The number of hydrogen-bond acceptors (Lipinski definition) is 5. The fraction of sp³-hybridized carbons (Fsp3) is 0.200. The molecule has 2 amide bonds. The Balaban J connectivity index is 1.58. The van der Waals surface area contributed by atoms with Crippen molar-refractivity contribution in [2.75, 3.05) is 11.1 Å². The SMILES string of the molecule is CC(=O)c1ccc(NC(=O)CSC2=NC(c3ccccc3)CC(=O)N2)cc1. The van der Waals surface area contributed by atoms with Crippen LogP contribution in [-0.2, 0) is 9.59 Å². The highest BCUT2D eigenvalue weighted by Crippen LogP contribution is 2.25. The molecular weight excluding hydrogens is 362 g/mol. The van der Waals surface area contributed by atoms with E-state index in [0.29, 0.717) is 22.8 Å². The van der Waals surface area contributed by atoms with E-state index in [4.69, 9.17) is 0 Å². The van der Waals surface area contributed by atoms with Crippen LogP contribution in [0.4, 0.5) is 5.69 Å². The number of thioether (sulfide) groups is 1. The van der Waals surface area contributed by atoms with E-state index in [1.54, 1.807) is 24.3 Å². The van der Waals surface area contributed by atoms with E-state index in [9.17, 15) is 14.4 Å². The van der Waals surface area contributed by atoms with Gasteiger partial charge in [0, 0.05) is 11.3 Å². The van der Waals surface area contributed by atoms with Crippen molar-refractivity contribution in [3.05, 3.63) is 65.7 Å². The fourth-order valence-electron chi connectivity index (χ4n) is 2.63. The summed E-state index contributed by atoms with van der Waals surface area (Å²) in [6.45, 7) is 1.49. The highest BCUT2D eigenvalue weighted by Gasteiger charge is 2.23. The standard InChI is InChI=1S/C20H19N3O3S/c1-13(24)14-7-9-16(10-8-14)21-19(26)12-27-20-22-17(11-18(25)23-20)15-5-3-2-4-6-15/h2-10,17H,11-12H2,1H3,(H,21,26)(H,22,23,25). The Bertz CT molecular complexity index is 879. The molecule has 0 radical (unpaired) electrons. The first-order valence-corrected chi connectivity index (χ1v) is 9.46. The summed E-state index contributed by atoms with van der Waals surface area (Å²) in [5, 5.41) is 5.92. The molecule has 0 spiro atoms. The van der Waals surface area contributed by atoms with E-state index in [-0.39, 0.29) is 29.4 Å². The van der Waals surface area contributed by atoms with Crippen LogP contribution in [0.5, 0.6) is 0 Å². The van der Waals surface area contributed by atoms with Crippen molar-refractivity contribution in [1.29, 1.82) is 0 Å². The topological polar surface area (TPSA) is 87.6 Å². The number of Topliss-reactive ketones (excluding diaryl/α,β-unsaturated/α-hetero) is 1. The molecule has 1 atom stereocenters. The zero-order valence-electron chi connectivity index (χ0n) is 14.8. The summed E-state index contributed by atoms with van der Waals surface area (Å²) < 4.78 is 0. The lowest BCUT2D eigenvalue weighted by molar-refractivity contribution is -0.120. The number of aliphatic imine (C=N–C) groups is 1. The second kappa shape index (κ2) is 8.64. The third-order valence-electron chi connectivity index (χ3n) is 4.00. The predicted octanol–water partition coefficient (Wildman–Crippen LogP) is 3.18. The van der Waals surface area contributed by atoms with Crippen LogP contribution >= 0.6 is 11.8 Å². The largest absolute Gasteiger partial charge is 0.325 e. The lowest BCUT2D eigenvalue weighted by atomic mass is 10.0. The maximum Gasteiger partial charge on any atom is 0.234 e. The summed E-state index contributed by atoms with van der Waals surface area (Å²) in [6, 6.07) is 16.1. The minimum atomic E-state index is -0.232. The minimum absolute atomic E-state index is 0.0255. The van der Waals surface area contributed by atoms with Crippen LogP contribution in [0, 0.1) is 0 Å². The zero-order valence-corrected chi connectivity index (χ0v) is 15.6. The highest BCUT2D eigenvalue weighted by molar-refractivity contribution is 8.14. The van der Waals surface area contributed by atoms with E-state index in [0.717, 1.165) is 5.56 Å². The lowest BCUT2D eigenvalue weighted by Crippen LogP contribution is -2.35. The molecule has 0 saturated heterocycles. The van der Waals surface area contributed by atoms with Gasteiger partial charge >= 0.3 is 0 Å². The van der Waals surface area contributed by atoms with Crippen molar-refractivity contribution in [1.82, 2.24) is 5.32 Å². The lowest BCUT2D eigenvalue weighted by Gasteiger charge is -2.20. The molecule has 2 N–H and O–H groups in total. The molecule has 138 valence electrons. The minimum Gasteiger partial charge on any atom is -0.325 e. The van der Waals surface area contributed by atoms with Crippen LogP contribution in [0.25, 0.3) is 0 Å². The van der Waals surface area contributed by atoms with Crippen LogP contribution in [0.1, 0.15) is 35.3 Å². The molecule has 2 aromatic carbocycles.